The molecule has 134 valence electrons. The van der Waals surface area contributed by atoms with Crippen LogP contribution in [0.2, 0.25) is 0 Å². The molecule has 2 aliphatic rings. The Hall–Kier alpha value is -2.43. The number of allylic oxidation sites excluding steroid dienone is 5. The summed E-state index contributed by atoms with van der Waals surface area (Å²) in [5, 5.41) is 10.0. The minimum Gasteiger partial charge on any atom is -0.507 e. The monoisotopic (exact) mass is 344 g/mol. The van der Waals surface area contributed by atoms with Gasteiger partial charge < -0.3 is 9.84 Å². The van der Waals surface area contributed by atoms with Crippen molar-refractivity contribution in [1.82, 2.24) is 0 Å². The molecular formula is C20H24O5. The number of aliphatic hydroxyl groups is 1. The van der Waals surface area contributed by atoms with Crippen molar-refractivity contribution < 1.29 is 24.2 Å². The van der Waals surface area contributed by atoms with Crippen molar-refractivity contribution in [3.63, 3.8) is 0 Å². The van der Waals surface area contributed by atoms with Gasteiger partial charge in [-0.3, -0.25) is 9.59 Å². The van der Waals surface area contributed by atoms with Gasteiger partial charge in [0.05, 0.1) is 6.61 Å². The van der Waals surface area contributed by atoms with Crippen LogP contribution in [-0.2, 0) is 19.1 Å². The molecule has 2 rings (SSSR count). The maximum atomic E-state index is 12.4. The second-order valence-corrected chi connectivity index (χ2v) is 6.18. The van der Waals surface area contributed by atoms with Crippen molar-refractivity contribution in [2.75, 3.05) is 6.61 Å². The van der Waals surface area contributed by atoms with Crippen LogP contribution in [0.3, 0.4) is 0 Å². The van der Waals surface area contributed by atoms with Crippen LogP contribution in [0.25, 0.3) is 0 Å². The van der Waals surface area contributed by atoms with E-state index in [1.165, 1.54) is 0 Å². The summed E-state index contributed by atoms with van der Waals surface area (Å²) in [4.78, 5) is 36.1. The molecule has 25 heavy (non-hydrogen) atoms. The number of unbranched alkanes of at least 4 members (excludes halogenated alkanes) is 2. The van der Waals surface area contributed by atoms with Crippen molar-refractivity contribution in [1.29, 1.82) is 0 Å². The Morgan fingerprint density at radius 3 is 2.68 bits per heavy atom. The quantitative estimate of drug-likeness (QED) is 0.314. The fraction of sp³-hybridized carbons (Fsp3) is 0.450. The Balaban J connectivity index is 2.07. The van der Waals surface area contributed by atoms with Gasteiger partial charge >= 0.3 is 5.97 Å². The number of ketones is 2. The van der Waals surface area contributed by atoms with E-state index < -0.39 is 23.3 Å². The smallest absolute Gasteiger partial charge is 0.342 e. The molecule has 0 aromatic heterocycles. The lowest BCUT2D eigenvalue weighted by atomic mass is 9.90. The third-order valence-electron chi connectivity index (χ3n) is 4.25. The minimum absolute atomic E-state index is 0.0697. The largest absolute Gasteiger partial charge is 0.507 e. The zero-order valence-corrected chi connectivity index (χ0v) is 14.5. The van der Waals surface area contributed by atoms with E-state index >= 15 is 0 Å². The molecule has 0 radical (unpaired) electrons. The summed E-state index contributed by atoms with van der Waals surface area (Å²) in [5.74, 6) is -2.74. The zero-order chi connectivity index (χ0) is 18.2. The van der Waals surface area contributed by atoms with E-state index in [0.29, 0.717) is 12.8 Å². The summed E-state index contributed by atoms with van der Waals surface area (Å²) in [6.45, 7) is 2.18. The fourth-order valence-corrected chi connectivity index (χ4v) is 2.88. The molecule has 0 aliphatic heterocycles. The molecule has 5 heteroatoms. The molecule has 0 bridgehead atoms. The predicted molar refractivity (Wildman–Crippen MR) is 93.9 cm³/mol. The molecule has 0 spiro atoms. The maximum Gasteiger partial charge on any atom is 0.342 e. The molecule has 0 saturated carbocycles. The van der Waals surface area contributed by atoms with Gasteiger partial charge in [0, 0.05) is 18.1 Å². The molecule has 0 fully saturated rings. The number of hydrogen-bond acceptors (Lipinski definition) is 5. The van der Waals surface area contributed by atoms with Gasteiger partial charge in [-0.15, -0.1) is 0 Å². The second-order valence-electron chi connectivity index (χ2n) is 6.18. The van der Waals surface area contributed by atoms with Crippen LogP contribution in [0.1, 0.15) is 51.9 Å². The molecule has 0 amide bonds. The number of carbonyl (C=O) groups is 3. The highest BCUT2D eigenvalue weighted by atomic mass is 16.5. The minimum atomic E-state index is -0.793. The SMILES string of the molecule is CCCCCC1=C(C(=O)OCCC2=CCCC=C2)C(O)=CC(=O)C1=O. The van der Waals surface area contributed by atoms with Crippen LogP contribution in [0.5, 0.6) is 0 Å². The van der Waals surface area contributed by atoms with E-state index in [9.17, 15) is 19.5 Å². The van der Waals surface area contributed by atoms with Crippen molar-refractivity contribution >= 4 is 17.5 Å². The number of ether oxygens (including phenoxy) is 1. The molecule has 5 nitrogen and oxygen atoms in total. The Morgan fingerprint density at radius 2 is 2.00 bits per heavy atom. The average Bonchev–Trinajstić information content (AvgIpc) is 2.60. The molecule has 0 saturated heterocycles. The number of hydrogen-bond donors (Lipinski definition) is 1. The van der Waals surface area contributed by atoms with E-state index in [0.717, 1.165) is 37.3 Å². The summed E-state index contributed by atoms with van der Waals surface area (Å²) in [6, 6.07) is 0. The third kappa shape index (κ3) is 5.02. The van der Waals surface area contributed by atoms with Gasteiger partial charge in [-0.25, -0.2) is 4.79 Å². The molecule has 0 aromatic carbocycles. The first-order valence-corrected chi connectivity index (χ1v) is 8.80. The van der Waals surface area contributed by atoms with Gasteiger partial charge in [0.2, 0.25) is 11.6 Å². The number of aliphatic hydroxyl groups excluding tert-OH is 1. The lowest BCUT2D eigenvalue weighted by molar-refractivity contribution is -0.139. The van der Waals surface area contributed by atoms with E-state index in [4.69, 9.17) is 4.74 Å². The predicted octanol–water partition coefficient (Wildman–Crippen LogP) is 3.67. The Morgan fingerprint density at radius 1 is 1.20 bits per heavy atom. The zero-order valence-electron chi connectivity index (χ0n) is 14.5. The summed E-state index contributed by atoms with van der Waals surface area (Å²) >= 11 is 0. The van der Waals surface area contributed by atoms with Gasteiger partial charge in [0.1, 0.15) is 11.3 Å². The molecular weight excluding hydrogens is 320 g/mol. The van der Waals surface area contributed by atoms with E-state index in [1.54, 1.807) is 0 Å². The first-order chi connectivity index (χ1) is 12.0. The Bertz CT molecular complexity index is 676. The molecule has 2 aliphatic carbocycles. The Kier molecular flexibility index (Phi) is 6.92. The second kappa shape index (κ2) is 9.16. The van der Waals surface area contributed by atoms with Gasteiger partial charge in [0.25, 0.3) is 0 Å². The van der Waals surface area contributed by atoms with Gasteiger partial charge in [-0.1, -0.05) is 38.0 Å². The van der Waals surface area contributed by atoms with Crippen molar-refractivity contribution in [2.24, 2.45) is 0 Å². The van der Waals surface area contributed by atoms with E-state index in [1.807, 2.05) is 13.0 Å². The lowest BCUT2D eigenvalue weighted by Gasteiger charge is -2.16. The topological polar surface area (TPSA) is 80.7 Å². The van der Waals surface area contributed by atoms with Crippen LogP contribution >= 0.6 is 0 Å². The average molecular weight is 344 g/mol. The van der Waals surface area contributed by atoms with E-state index in [2.05, 4.69) is 12.2 Å². The van der Waals surface area contributed by atoms with Crippen LogP contribution in [0.15, 0.2) is 46.8 Å². The Labute approximate surface area is 147 Å². The standard InChI is InChI=1S/C20H24O5/c1-2-3-5-10-15-18(16(21)13-17(22)19(15)23)20(24)25-12-11-14-8-6-4-7-9-14/h6,8-9,13,21H,2-5,7,10-12H2,1H3. The summed E-state index contributed by atoms with van der Waals surface area (Å²) in [6.07, 6.45) is 12.3. The van der Waals surface area contributed by atoms with Crippen LogP contribution in [-0.4, -0.2) is 29.2 Å². The summed E-state index contributed by atoms with van der Waals surface area (Å²) < 4.78 is 5.24. The number of carbonyl (C=O) groups excluding carboxylic acids is 3. The molecule has 0 heterocycles. The summed E-state index contributed by atoms with van der Waals surface area (Å²) in [5.41, 5.74) is 1.01. The third-order valence-corrected chi connectivity index (χ3v) is 4.25. The maximum absolute atomic E-state index is 12.4. The highest BCUT2D eigenvalue weighted by molar-refractivity contribution is 6.49. The molecule has 0 atom stereocenters. The number of esters is 1. The fourth-order valence-electron chi connectivity index (χ4n) is 2.88. The van der Waals surface area contributed by atoms with Crippen LogP contribution in [0.4, 0.5) is 0 Å². The number of Topliss-reactive ketones (excluding diaryl/α,β-unsaturated/α-hetero) is 1. The molecule has 0 aromatic rings. The highest BCUT2D eigenvalue weighted by Gasteiger charge is 2.32. The van der Waals surface area contributed by atoms with Crippen LogP contribution in [0, 0.1) is 0 Å². The van der Waals surface area contributed by atoms with Gasteiger partial charge in [-0.05, 0) is 31.3 Å². The van der Waals surface area contributed by atoms with Crippen LogP contribution < -0.4 is 0 Å². The summed E-state index contributed by atoms with van der Waals surface area (Å²) in [7, 11) is 0. The van der Waals surface area contributed by atoms with Crippen molar-refractivity contribution in [2.45, 2.75) is 51.9 Å². The molecule has 1 N–H and O–H groups in total. The van der Waals surface area contributed by atoms with Gasteiger partial charge in [0.15, 0.2) is 0 Å². The first-order valence-electron chi connectivity index (χ1n) is 8.80. The van der Waals surface area contributed by atoms with Gasteiger partial charge in [-0.2, -0.15) is 0 Å². The highest BCUT2D eigenvalue weighted by Crippen LogP contribution is 2.25. The lowest BCUT2D eigenvalue weighted by Crippen LogP contribution is -2.26. The van der Waals surface area contributed by atoms with Crippen molar-refractivity contribution in [3.05, 3.63) is 46.8 Å². The van der Waals surface area contributed by atoms with Crippen molar-refractivity contribution in [3.8, 4) is 0 Å². The normalized spacial score (nSPS) is 17.5. The number of rotatable bonds is 8. The van der Waals surface area contributed by atoms with E-state index in [-0.39, 0.29) is 24.2 Å². The first kappa shape index (κ1) is 18.9. The molecule has 0 unspecified atom stereocenters.